The van der Waals surface area contributed by atoms with Crippen LogP contribution in [0.1, 0.15) is 29.8 Å². The fraction of sp³-hybridized carbons (Fsp3) is 0.533. The highest BCUT2D eigenvalue weighted by Gasteiger charge is 2.39. The quantitative estimate of drug-likeness (QED) is 0.843. The number of rotatable bonds is 2. The molecule has 1 aromatic carbocycles. The van der Waals surface area contributed by atoms with Crippen LogP contribution >= 0.6 is 15.9 Å². The summed E-state index contributed by atoms with van der Waals surface area (Å²) in [6, 6.07) is 6.08. The zero-order valence-electron chi connectivity index (χ0n) is 11.6. The van der Waals surface area contributed by atoms with Gasteiger partial charge in [0.25, 0.3) is 0 Å². The number of amides is 1. The molecule has 2 aliphatic rings. The third-order valence-electron chi connectivity index (χ3n) is 4.02. The molecule has 0 spiro atoms. The number of ether oxygens (including phenoxy) is 2. The van der Waals surface area contributed by atoms with Crippen molar-refractivity contribution in [1.82, 2.24) is 0 Å². The molecule has 0 aliphatic carbocycles. The maximum absolute atomic E-state index is 12.0. The fourth-order valence-electron chi connectivity index (χ4n) is 2.65. The first kappa shape index (κ1) is 14.0. The molecule has 108 valence electrons. The Kier molecular flexibility index (Phi) is 3.60. The first-order chi connectivity index (χ1) is 9.50. The topological polar surface area (TPSA) is 47.6 Å². The third kappa shape index (κ3) is 2.28. The SMILES string of the molecule is CC1(C)C(=O)Nc2ccc(C(Br)C3COCCO3)cc21. The lowest BCUT2D eigenvalue weighted by atomic mass is 9.85. The van der Waals surface area contributed by atoms with Gasteiger partial charge in [-0.05, 0) is 31.0 Å². The predicted molar refractivity (Wildman–Crippen MR) is 80.3 cm³/mol. The van der Waals surface area contributed by atoms with E-state index < -0.39 is 5.41 Å². The number of carbonyl (C=O) groups is 1. The molecule has 1 N–H and O–H groups in total. The van der Waals surface area contributed by atoms with E-state index in [9.17, 15) is 4.79 Å². The van der Waals surface area contributed by atoms with E-state index >= 15 is 0 Å². The molecule has 3 rings (SSSR count). The number of benzene rings is 1. The van der Waals surface area contributed by atoms with Gasteiger partial charge in [0.15, 0.2) is 0 Å². The van der Waals surface area contributed by atoms with Gasteiger partial charge in [-0.3, -0.25) is 4.79 Å². The maximum atomic E-state index is 12.0. The first-order valence-electron chi connectivity index (χ1n) is 6.79. The summed E-state index contributed by atoms with van der Waals surface area (Å²) in [5.74, 6) is 0.0491. The highest BCUT2D eigenvalue weighted by Crippen LogP contribution is 2.40. The lowest BCUT2D eigenvalue weighted by Gasteiger charge is -2.28. The van der Waals surface area contributed by atoms with Crippen LogP contribution in [0.4, 0.5) is 5.69 Å². The minimum Gasteiger partial charge on any atom is -0.376 e. The Labute approximate surface area is 127 Å². The molecule has 5 heteroatoms. The molecule has 2 heterocycles. The molecule has 1 amide bonds. The zero-order chi connectivity index (χ0) is 14.3. The molecule has 2 unspecified atom stereocenters. The van der Waals surface area contributed by atoms with Crippen molar-refractivity contribution in [1.29, 1.82) is 0 Å². The lowest BCUT2D eigenvalue weighted by Crippen LogP contribution is -2.32. The van der Waals surface area contributed by atoms with Crippen molar-refractivity contribution < 1.29 is 14.3 Å². The second kappa shape index (κ2) is 5.13. The molecule has 0 aromatic heterocycles. The van der Waals surface area contributed by atoms with Crippen molar-refractivity contribution in [3.63, 3.8) is 0 Å². The third-order valence-corrected chi connectivity index (χ3v) is 5.14. The normalized spacial score (nSPS) is 25.9. The predicted octanol–water partition coefficient (Wildman–Crippen LogP) is 2.77. The molecule has 2 atom stereocenters. The summed E-state index contributed by atoms with van der Waals surface area (Å²) in [5.41, 5.74) is 2.58. The molecular formula is C15H18BrNO3. The van der Waals surface area contributed by atoms with Crippen LogP contribution in [0.3, 0.4) is 0 Å². The van der Waals surface area contributed by atoms with Gasteiger partial charge in [0.1, 0.15) is 0 Å². The Balaban J connectivity index is 1.89. The number of hydrogen-bond donors (Lipinski definition) is 1. The van der Waals surface area contributed by atoms with Crippen LogP contribution in [0.25, 0.3) is 0 Å². The number of fused-ring (bicyclic) bond motifs is 1. The van der Waals surface area contributed by atoms with Gasteiger partial charge in [-0.2, -0.15) is 0 Å². The zero-order valence-corrected chi connectivity index (χ0v) is 13.2. The molecular weight excluding hydrogens is 322 g/mol. The molecule has 20 heavy (non-hydrogen) atoms. The largest absolute Gasteiger partial charge is 0.376 e. The minimum absolute atomic E-state index is 0.00924. The van der Waals surface area contributed by atoms with Gasteiger partial charge in [-0.25, -0.2) is 0 Å². The monoisotopic (exact) mass is 339 g/mol. The van der Waals surface area contributed by atoms with E-state index in [-0.39, 0.29) is 16.8 Å². The average molecular weight is 340 g/mol. The van der Waals surface area contributed by atoms with Crippen LogP contribution in [0.15, 0.2) is 18.2 Å². The van der Waals surface area contributed by atoms with Gasteiger partial charge in [0.05, 0.1) is 36.2 Å². The van der Waals surface area contributed by atoms with Gasteiger partial charge < -0.3 is 14.8 Å². The molecule has 0 radical (unpaired) electrons. The molecule has 4 nitrogen and oxygen atoms in total. The Morgan fingerprint density at radius 1 is 1.40 bits per heavy atom. The molecule has 1 saturated heterocycles. The van der Waals surface area contributed by atoms with Gasteiger partial charge in [-0.15, -0.1) is 0 Å². The van der Waals surface area contributed by atoms with Gasteiger partial charge in [0, 0.05) is 5.69 Å². The second-order valence-electron chi connectivity index (χ2n) is 5.77. The highest BCUT2D eigenvalue weighted by molar-refractivity contribution is 9.09. The smallest absolute Gasteiger partial charge is 0.234 e. The number of halogens is 1. The number of nitrogens with one attached hydrogen (secondary N) is 1. The van der Waals surface area contributed by atoms with Crippen molar-refractivity contribution in [2.45, 2.75) is 30.2 Å². The summed E-state index contributed by atoms with van der Waals surface area (Å²) in [5, 5.41) is 2.92. The van der Waals surface area contributed by atoms with Crippen LogP contribution < -0.4 is 5.32 Å². The van der Waals surface area contributed by atoms with Crippen molar-refractivity contribution >= 4 is 27.5 Å². The van der Waals surface area contributed by atoms with E-state index in [1.54, 1.807) is 0 Å². The molecule has 0 bridgehead atoms. The molecule has 1 fully saturated rings. The minimum atomic E-state index is -0.484. The summed E-state index contributed by atoms with van der Waals surface area (Å²) >= 11 is 3.70. The average Bonchev–Trinajstić information content (AvgIpc) is 2.69. The summed E-state index contributed by atoms with van der Waals surface area (Å²) in [4.78, 5) is 12.0. The first-order valence-corrected chi connectivity index (χ1v) is 7.71. The number of anilines is 1. The van der Waals surface area contributed by atoms with Crippen molar-refractivity contribution in [3.05, 3.63) is 29.3 Å². The van der Waals surface area contributed by atoms with Crippen molar-refractivity contribution in [2.24, 2.45) is 0 Å². The van der Waals surface area contributed by atoms with Gasteiger partial charge in [0.2, 0.25) is 5.91 Å². The van der Waals surface area contributed by atoms with Crippen LogP contribution in [-0.4, -0.2) is 31.8 Å². The van der Waals surface area contributed by atoms with E-state index in [0.717, 1.165) is 16.8 Å². The second-order valence-corrected chi connectivity index (χ2v) is 6.76. The Bertz CT molecular complexity index is 538. The van der Waals surface area contributed by atoms with Crippen molar-refractivity contribution in [3.8, 4) is 0 Å². The van der Waals surface area contributed by atoms with Crippen LogP contribution in [0.2, 0.25) is 0 Å². The number of carbonyl (C=O) groups excluding carboxylic acids is 1. The van der Waals surface area contributed by atoms with Crippen LogP contribution in [-0.2, 0) is 19.7 Å². The van der Waals surface area contributed by atoms with E-state index in [2.05, 4.69) is 27.3 Å². The van der Waals surface area contributed by atoms with Gasteiger partial charge in [-0.1, -0.05) is 28.1 Å². The fourth-order valence-corrected chi connectivity index (χ4v) is 3.24. The summed E-state index contributed by atoms with van der Waals surface area (Å²) in [6.45, 7) is 5.77. The number of alkyl halides is 1. The highest BCUT2D eigenvalue weighted by atomic mass is 79.9. The molecule has 0 saturated carbocycles. The van der Waals surface area contributed by atoms with Crippen LogP contribution in [0.5, 0.6) is 0 Å². The van der Waals surface area contributed by atoms with E-state index in [4.69, 9.17) is 9.47 Å². The Morgan fingerprint density at radius 2 is 2.20 bits per heavy atom. The van der Waals surface area contributed by atoms with Crippen LogP contribution in [0, 0.1) is 0 Å². The van der Waals surface area contributed by atoms with Gasteiger partial charge >= 0.3 is 0 Å². The number of hydrogen-bond acceptors (Lipinski definition) is 3. The maximum Gasteiger partial charge on any atom is 0.234 e. The molecule has 1 aromatic rings. The Morgan fingerprint density at radius 3 is 2.90 bits per heavy atom. The molecule has 2 aliphatic heterocycles. The van der Waals surface area contributed by atoms with E-state index in [1.165, 1.54) is 0 Å². The van der Waals surface area contributed by atoms with E-state index in [0.29, 0.717) is 19.8 Å². The standard InChI is InChI=1S/C15H18BrNO3/c1-15(2)10-7-9(3-4-11(10)17-14(15)18)13(16)12-8-19-5-6-20-12/h3-4,7,12-13H,5-6,8H2,1-2H3,(H,17,18). The van der Waals surface area contributed by atoms with Crippen molar-refractivity contribution in [2.75, 3.05) is 25.1 Å². The summed E-state index contributed by atoms with van der Waals surface area (Å²) in [7, 11) is 0. The van der Waals surface area contributed by atoms with E-state index in [1.807, 2.05) is 26.0 Å². The summed E-state index contributed by atoms with van der Waals surface area (Å²) < 4.78 is 11.2. The summed E-state index contributed by atoms with van der Waals surface area (Å²) in [6.07, 6.45) is 0.00924. The Hall–Kier alpha value is -0.910. The lowest BCUT2D eigenvalue weighted by molar-refractivity contribution is -0.119.